The number of carbonyl (C=O) groups is 1. The molecule has 3 rings (SSSR count). The van der Waals surface area contributed by atoms with Crippen molar-refractivity contribution < 1.29 is 17.9 Å². The van der Waals surface area contributed by atoms with Crippen LogP contribution in [0.1, 0.15) is 10.5 Å². The highest BCUT2D eigenvalue weighted by Gasteiger charge is 2.14. The fourth-order valence-electron chi connectivity index (χ4n) is 2.51. The first kappa shape index (κ1) is 18.5. The molecule has 0 bridgehead atoms. The van der Waals surface area contributed by atoms with Crippen molar-refractivity contribution in [3.05, 3.63) is 60.3 Å². The van der Waals surface area contributed by atoms with E-state index in [9.17, 15) is 13.2 Å². The predicted octanol–water partition coefficient (Wildman–Crippen LogP) is 2.71. The third kappa shape index (κ3) is 4.64. The van der Waals surface area contributed by atoms with Gasteiger partial charge >= 0.3 is 0 Å². The van der Waals surface area contributed by atoms with E-state index < -0.39 is 15.9 Å². The molecule has 0 radical (unpaired) electrons. The highest BCUT2D eigenvalue weighted by atomic mass is 32.2. The van der Waals surface area contributed by atoms with E-state index in [2.05, 4.69) is 20.2 Å². The van der Waals surface area contributed by atoms with Crippen LogP contribution in [0.3, 0.4) is 0 Å². The summed E-state index contributed by atoms with van der Waals surface area (Å²) in [5.41, 5.74) is 2.41. The molecule has 0 atom stereocenters. The molecule has 0 aliphatic carbocycles. The Balaban J connectivity index is 1.78. The molecule has 0 aliphatic rings. The maximum atomic E-state index is 12.4. The highest BCUT2D eigenvalue weighted by Crippen LogP contribution is 2.28. The Morgan fingerprint density at radius 3 is 2.56 bits per heavy atom. The Morgan fingerprint density at radius 1 is 1.07 bits per heavy atom. The first-order valence-electron chi connectivity index (χ1n) is 7.94. The van der Waals surface area contributed by atoms with Crippen molar-refractivity contribution in [3.8, 4) is 17.0 Å². The average Bonchev–Trinajstić information content (AvgIpc) is 3.10. The molecule has 2 aromatic carbocycles. The van der Waals surface area contributed by atoms with Gasteiger partial charge in [0.25, 0.3) is 5.91 Å². The summed E-state index contributed by atoms with van der Waals surface area (Å²) in [7, 11) is -1.83. The van der Waals surface area contributed by atoms with Crippen LogP contribution in [-0.2, 0) is 10.0 Å². The van der Waals surface area contributed by atoms with Gasteiger partial charge in [0.1, 0.15) is 5.75 Å². The van der Waals surface area contributed by atoms with Crippen molar-refractivity contribution in [2.24, 2.45) is 0 Å². The van der Waals surface area contributed by atoms with Crippen LogP contribution >= 0.6 is 0 Å². The zero-order chi connectivity index (χ0) is 19.4. The number of ether oxygens (including phenoxy) is 1. The van der Waals surface area contributed by atoms with Crippen LogP contribution in [0, 0.1) is 0 Å². The Bertz CT molecular complexity index is 1080. The number of nitrogens with zero attached hydrogens (tertiary/aromatic N) is 1. The lowest BCUT2D eigenvalue weighted by Gasteiger charge is -2.07. The quantitative estimate of drug-likeness (QED) is 0.603. The number of H-pyrrole nitrogens is 1. The number of hydrogen-bond acceptors (Lipinski definition) is 5. The Morgan fingerprint density at radius 2 is 1.81 bits per heavy atom. The van der Waals surface area contributed by atoms with Crippen molar-refractivity contribution >= 4 is 27.3 Å². The molecule has 3 N–H and O–H groups in total. The summed E-state index contributed by atoms with van der Waals surface area (Å²) in [6.07, 6.45) is 1.06. The molecule has 8 nitrogen and oxygen atoms in total. The van der Waals surface area contributed by atoms with Crippen LogP contribution in [0.2, 0.25) is 0 Å². The molecule has 0 aliphatic heterocycles. The number of aromatic nitrogens is 2. The number of rotatable bonds is 6. The van der Waals surface area contributed by atoms with E-state index in [-0.39, 0.29) is 5.69 Å². The lowest BCUT2D eigenvalue weighted by atomic mass is 10.1. The van der Waals surface area contributed by atoms with Crippen LogP contribution < -0.4 is 14.8 Å². The van der Waals surface area contributed by atoms with Gasteiger partial charge in [-0.25, -0.2) is 8.42 Å². The molecule has 0 fully saturated rings. The van der Waals surface area contributed by atoms with Gasteiger partial charge in [-0.3, -0.25) is 14.6 Å². The van der Waals surface area contributed by atoms with Crippen LogP contribution in [0.5, 0.6) is 5.75 Å². The molecule has 27 heavy (non-hydrogen) atoms. The minimum atomic E-state index is -3.40. The zero-order valence-electron chi connectivity index (χ0n) is 14.7. The summed E-state index contributed by atoms with van der Waals surface area (Å²) in [6.45, 7) is 0. The van der Waals surface area contributed by atoms with E-state index in [1.807, 2.05) is 24.3 Å². The van der Waals surface area contributed by atoms with E-state index in [0.717, 1.165) is 11.8 Å². The lowest BCUT2D eigenvalue weighted by Crippen LogP contribution is -2.13. The van der Waals surface area contributed by atoms with Crippen LogP contribution in [-0.4, -0.2) is 37.9 Å². The second-order valence-electron chi connectivity index (χ2n) is 5.78. The number of amides is 1. The Labute approximate surface area is 156 Å². The largest absolute Gasteiger partial charge is 0.496 e. The number of anilines is 2. The van der Waals surface area contributed by atoms with Gasteiger partial charge in [-0.1, -0.05) is 18.2 Å². The molecular formula is C18H18N4O4S. The predicted molar refractivity (Wildman–Crippen MR) is 103 cm³/mol. The van der Waals surface area contributed by atoms with E-state index in [4.69, 9.17) is 4.74 Å². The number of hydrogen-bond donors (Lipinski definition) is 3. The van der Waals surface area contributed by atoms with E-state index in [1.165, 1.54) is 6.07 Å². The van der Waals surface area contributed by atoms with Crippen molar-refractivity contribution in [2.45, 2.75) is 0 Å². The molecule has 1 amide bonds. The fraction of sp³-hybridized carbons (Fsp3) is 0.111. The van der Waals surface area contributed by atoms with Gasteiger partial charge in [-0.15, -0.1) is 0 Å². The first-order valence-corrected chi connectivity index (χ1v) is 9.83. The average molecular weight is 386 g/mol. The van der Waals surface area contributed by atoms with Gasteiger partial charge < -0.3 is 10.1 Å². The molecule has 1 heterocycles. The topological polar surface area (TPSA) is 113 Å². The molecule has 0 saturated carbocycles. The second-order valence-corrected chi connectivity index (χ2v) is 7.52. The maximum absolute atomic E-state index is 12.4. The van der Waals surface area contributed by atoms with Gasteiger partial charge in [-0.05, 0) is 36.4 Å². The number of sulfonamides is 1. The molecule has 1 aromatic heterocycles. The molecule has 0 saturated heterocycles. The minimum Gasteiger partial charge on any atom is -0.496 e. The third-order valence-electron chi connectivity index (χ3n) is 3.63. The van der Waals surface area contributed by atoms with Gasteiger partial charge in [0.2, 0.25) is 10.0 Å². The summed E-state index contributed by atoms with van der Waals surface area (Å²) in [4.78, 5) is 12.4. The molecule has 9 heteroatoms. The zero-order valence-corrected chi connectivity index (χ0v) is 15.5. The number of carbonyl (C=O) groups excluding carboxylic acids is 1. The number of para-hydroxylation sites is 1. The third-order valence-corrected chi connectivity index (χ3v) is 4.24. The SMILES string of the molecule is COc1ccccc1-c1cc(C(=O)Nc2cccc(NS(C)(=O)=O)c2)n[nH]1. The normalized spacial score (nSPS) is 11.0. The monoisotopic (exact) mass is 386 g/mol. The van der Waals surface area contributed by atoms with E-state index in [0.29, 0.717) is 22.8 Å². The summed E-state index contributed by atoms with van der Waals surface area (Å²) in [6, 6.07) is 15.4. The standard InChI is InChI=1S/C18H18N4O4S/c1-26-17-9-4-3-8-14(17)15-11-16(21-20-15)18(23)19-12-6-5-7-13(10-12)22-27(2,24)25/h3-11,22H,1-2H3,(H,19,23)(H,20,21). The van der Waals surface area contributed by atoms with Gasteiger partial charge in [-0.2, -0.15) is 5.10 Å². The van der Waals surface area contributed by atoms with Crippen molar-refractivity contribution in [3.63, 3.8) is 0 Å². The molecule has 3 aromatic rings. The second kappa shape index (κ2) is 7.50. The summed E-state index contributed by atoms with van der Waals surface area (Å²) in [5.74, 6) is 0.233. The van der Waals surface area contributed by atoms with E-state index >= 15 is 0 Å². The Hall–Kier alpha value is -3.33. The summed E-state index contributed by atoms with van der Waals surface area (Å²) in [5, 5.41) is 9.56. The van der Waals surface area contributed by atoms with E-state index in [1.54, 1.807) is 31.4 Å². The number of methoxy groups -OCH3 is 1. The maximum Gasteiger partial charge on any atom is 0.276 e. The van der Waals surface area contributed by atoms with Gasteiger partial charge in [0.05, 0.1) is 24.7 Å². The number of aromatic amines is 1. The first-order chi connectivity index (χ1) is 12.9. The van der Waals surface area contributed by atoms with Crippen molar-refractivity contribution in [1.29, 1.82) is 0 Å². The van der Waals surface area contributed by atoms with Crippen LogP contribution in [0.15, 0.2) is 54.6 Å². The van der Waals surface area contributed by atoms with Crippen molar-refractivity contribution in [2.75, 3.05) is 23.4 Å². The number of nitrogens with one attached hydrogen (secondary N) is 3. The van der Waals surface area contributed by atoms with Crippen LogP contribution in [0.25, 0.3) is 11.3 Å². The Kier molecular flexibility index (Phi) is 5.13. The molecule has 140 valence electrons. The lowest BCUT2D eigenvalue weighted by molar-refractivity contribution is 0.102. The summed E-state index contributed by atoms with van der Waals surface area (Å²) >= 11 is 0. The van der Waals surface area contributed by atoms with Crippen molar-refractivity contribution in [1.82, 2.24) is 10.2 Å². The van der Waals surface area contributed by atoms with Gasteiger partial charge in [0, 0.05) is 11.3 Å². The fourth-order valence-corrected chi connectivity index (χ4v) is 3.07. The molecular weight excluding hydrogens is 368 g/mol. The smallest absolute Gasteiger partial charge is 0.276 e. The van der Waals surface area contributed by atoms with Crippen LogP contribution in [0.4, 0.5) is 11.4 Å². The molecule has 0 spiro atoms. The minimum absolute atomic E-state index is 0.192. The summed E-state index contributed by atoms with van der Waals surface area (Å²) < 4.78 is 30.3. The highest BCUT2D eigenvalue weighted by molar-refractivity contribution is 7.92. The van der Waals surface area contributed by atoms with Gasteiger partial charge in [0.15, 0.2) is 5.69 Å². The number of benzene rings is 2. The molecule has 0 unspecified atom stereocenters.